The summed E-state index contributed by atoms with van der Waals surface area (Å²) in [5, 5.41) is 8.93. The van der Waals surface area contributed by atoms with Gasteiger partial charge in [0.05, 0.1) is 0 Å². The Kier molecular flexibility index (Phi) is 4.02. The summed E-state index contributed by atoms with van der Waals surface area (Å²) in [5.41, 5.74) is 1.36. The Labute approximate surface area is 133 Å². The molecule has 0 fully saturated rings. The highest BCUT2D eigenvalue weighted by Crippen LogP contribution is 2.30. The zero-order valence-electron chi connectivity index (χ0n) is 13.0. The fourth-order valence-electron chi connectivity index (χ4n) is 3.07. The first-order valence-electron chi connectivity index (χ1n) is 7.68. The van der Waals surface area contributed by atoms with Crippen molar-refractivity contribution in [2.75, 3.05) is 11.4 Å². The van der Waals surface area contributed by atoms with E-state index in [1.165, 1.54) is 22.0 Å². The van der Waals surface area contributed by atoms with Gasteiger partial charge >= 0.3 is 5.69 Å². The van der Waals surface area contributed by atoms with Crippen molar-refractivity contribution in [3.05, 3.63) is 62.4 Å². The Bertz CT molecular complexity index is 875. The molecule has 6 heteroatoms. The van der Waals surface area contributed by atoms with Crippen LogP contribution in [0.25, 0.3) is 0 Å². The molecule has 0 amide bonds. The fraction of sp³-hybridized carbons (Fsp3) is 0.353. The lowest BCUT2D eigenvalue weighted by molar-refractivity contribution is 0.526. The molecule has 0 spiro atoms. The highest BCUT2D eigenvalue weighted by atomic mass is 16.2. The zero-order valence-corrected chi connectivity index (χ0v) is 13.0. The molecule has 1 atom stereocenters. The maximum atomic E-state index is 11.9. The normalized spacial score (nSPS) is 16.7. The first-order chi connectivity index (χ1) is 11.1. The number of fused-ring (bicyclic) bond motifs is 1. The number of aromatic nitrogens is 2. The molecule has 118 valence electrons. The molecule has 6 nitrogen and oxygen atoms in total. The van der Waals surface area contributed by atoms with Crippen LogP contribution in [0, 0.1) is 11.3 Å². The summed E-state index contributed by atoms with van der Waals surface area (Å²) in [4.78, 5) is 27.8. The maximum Gasteiger partial charge on any atom is 0.328 e. The van der Waals surface area contributed by atoms with E-state index in [0.717, 1.165) is 12.8 Å². The fourth-order valence-corrected chi connectivity index (χ4v) is 3.07. The Morgan fingerprint density at radius 3 is 2.87 bits per heavy atom. The molecule has 0 radical (unpaired) electrons. The number of nitrogens with one attached hydrogen (secondary N) is 1. The Hall–Kier alpha value is -2.81. The standard InChI is InChI=1S/C17H18N4O2/c1-12-6-7-13-4-2-3-5-15(13)21(12)9-8-20-11-14(10-18)16(22)19-17(20)23/h2-5,11-12H,6-9H2,1H3,(H,19,22,23). The van der Waals surface area contributed by atoms with Crippen molar-refractivity contribution in [1.82, 2.24) is 9.55 Å². The van der Waals surface area contributed by atoms with E-state index >= 15 is 0 Å². The number of benzene rings is 1. The van der Waals surface area contributed by atoms with Crippen LogP contribution in [-0.4, -0.2) is 22.1 Å². The number of anilines is 1. The van der Waals surface area contributed by atoms with E-state index < -0.39 is 11.2 Å². The van der Waals surface area contributed by atoms with E-state index in [4.69, 9.17) is 5.26 Å². The number of nitriles is 1. The van der Waals surface area contributed by atoms with E-state index in [9.17, 15) is 9.59 Å². The molecule has 1 aromatic carbocycles. The quantitative estimate of drug-likeness (QED) is 0.925. The summed E-state index contributed by atoms with van der Waals surface area (Å²) in [5.74, 6) is 0. The van der Waals surface area contributed by atoms with E-state index in [-0.39, 0.29) is 5.56 Å². The molecule has 1 aliphatic heterocycles. The maximum absolute atomic E-state index is 11.9. The van der Waals surface area contributed by atoms with Crippen LogP contribution in [0.15, 0.2) is 40.1 Å². The van der Waals surface area contributed by atoms with Crippen LogP contribution in [0.3, 0.4) is 0 Å². The minimum absolute atomic E-state index is 0.0447. The molecule has 0 bridgehead atoms. The summed E-state index contributed by atoms with van der Waals surface area (Å²) in [7, 11) is 0. The van der Waals surface area contributed by atoms with Crippen LogP contribution in [-0.2, 0) is 13.0 Å². The Balaban J connectivity index is 1.85. The van der Waals surface area contributed by atoms with Gasteiger partial charge in [-0.1, -0.05) is 18.2 Å². The molecule has 2 aromatic rings. The third kappa shape index (κ3) is 2.90. The average molecular weight is 310 g/mol. The van der Waals surface area contributed by atoms with Gasteiger partial charge < -0.3 is 4.90 Å². The number of nitrogens with zero attached hydrogens (tertiary/aromatic N) is 3. The Morgan fingerprint density at radius 2 is 2.09 bits per heavy atom. The number of hydrogen-bond acceptors (Lipinski definition) is 4. The molecule has 0 saturated carbocycles. The topological polar surface area (TPSA) is 81.9 Å². The second-order valence-electron chi connectivity index (χ2n) is 5.82. The molecule has 2 heterocycles. The van der Waals surface area contributed by atoms with Gasteiger partial charge in [-0.3, -0.25) is 14.3 Å². The summed E-state index contributed by atoms with van der Waals surface area (Å²) in [6, 6.07) is 10.5. The number of aromatic amines is 1. The summed E-state index contributed by atoms with van der Waals surface area (Å²) < 4.78 is 1.39. The number of aryl methyl sites for hydroxylation is 1. The second kappa shape index (κ2) is 6.13. The lowest BCUT2D eigenvalue weighted by atomic mass is 9.97. The molecule has 1 unspecified atom stereocenters. The van der Waals surface area contributed by atoms with Crippen LogP contribution in [0.5, 0.6) is 0 Å². The predicted octanol–water partition coefficient (Wildman–Crippen LogP) is 1.25. The van der Waals surface area contributed by atoms with Gasteiger partial charge in [-0.15, -0.1) is 0 Å². The number of H-pyrrole nitrogens is 1. The van der Waals surface area contributed by atoms with Crippen molar-refractivity contribution in [2.24, 2.45) is 0 Å². The van der Waals surface area contributed by atoms with Gasteiger partial charge in [0.2, 0.25) is 0 Å². The number of hydrogen-bond donors (Lipinski definition) is 1. The van der Waals surface area contributed by atoms with E-state index in [0.29, 0.717) is 19.1 Å². The lowest BCUT2D eigenvalue weighted by Crippen LogP contribution is -2.41. The Morgan fingerprint density at radius 1 is 1.30 bits per heavy atom. The van der Waals surface area contributed by atoms with Crippen molar-refractivity contribution in [1.29, 1.82) is 5.26 Å². The third-order valence-electron chi connectivity index (χ3n) is 4.38. The van der Waals surface area contributed by atoms with Crippen LogP contribution < -0.4 is 16.1 Å². The number of para-hydroxylation sites is 1. The van der Waals surface area contributed by atoms with Gasteiger partial charge in [0.15, 0.2) is 0 Å². The summed E-state index contributed by atoms with van der Waals surface area (Å²) in [6.07, 6.45) is 3.47. The molecule has 1 aliphatic rings. The number of rotatable bonds is 3. The molecule has 0 aliphatic carbocycles. The zero-order chi connectivity index (χ0) is 16.4. The first kappa shape index (κ1) is 15.1. The molecular weight excluding hydrogens is 292 g/mol. The van der Waals surface area contributed by atoms with E-state index in [2.05, 4.69) is 28.9 Å². The molecule has 23 heavy (non-hydrogen) atoms. The highest BCUT2D eigenvalue weighted by Gasteiger charge is 2.22. The van der Waals surface area contributed by atoms with Crippen LogP contribution >= 0.6 is 0 Å². The van der Waals surface area contributed by atoms with Crippen LogP contribution in [0.4, 0.5) is 5.69 Å². The van der Waals surface area contributed by atoms with Gasteiger partial charge in [-0.05, 0) is 31.4 Å². The van der Waals surface area contributed by atoms with Crippen LogP contribution in [0.2, 0.25) is 0 Å². The molecule has 3 rings (SSSR count). The summed E-state index contributed by atoms with van der Waals surface area (Å²) >= 11 is 0. The van der Waals surface area contributed by atoms with Gasteiger partial charge in [0.25, 0.3) is 5.56 Å². The lowest BCUT2D eigenvalue weighted by Gasteiger charge is -2.37. The molecular formula is C17H18N4O2. The first-order valence-corrected chi connectivity index (χ1v) is 7.68. The monoisotopic (exact) mass is 310 g/mol. The van der Waals surface area contributed by atoms with Crippen molar-refractivity contribution in [3.8, 4) is 6.07 Å². The van der Waals surface area contributed by atoms with Gasteiger partial charge in [-0.2, -0.15) is 5.26 Å². The van der Waals surface area contributed by atoms with Crippen molar-refractivity contribution in [3.63, 3.8) is 0 Å². The van der Waals surface area contributed by atoms with Gasteiger partial charge in [-0.25, -0.2) is 4.79 Å². The predicted molar refractivity (Wildman–Crippen MR) is 87.6 cm³/mol. The minimum Gasteiger partial charge on any atom is -0.367 e. The molecule has 0 saturated heterocycles. The molecule has 1 N–H and O–H groups in total. The second-order valence-corrected chi connectivity index (χ2v) is 5.82. The minimum atomic E-state index is -0.634. The van der Waals surface area contributed by atoms with Crippen molar-refractivity contribution < 1.29 is 0 Å². The smallest absolute Gasteiger partial charge is 0.328 e. The highest BCUT2D eigenvalue weighted by molar-refractivity contribution is 5.56. The van der Waals surface area contributed by atoms with Crippen molar-refractivity contribution in [2.45, 2.75) is 32.4 Å². The van der Waals surface area contributed by atoms with Crippen LogP contribution in [0.1, 0.15) is 24.5 Å². The van der Waals surface area contributed by atoms with Gasteiger partial charge in [0, 0.05) is 31.0 Å². The van der Waals surface area contributed by atoms with E-state index in [1.54, 1.807) is 0 Å². The van der Waals surface area contributed by atoms with Crippen molar-refractivity contribution >= 4 is 5.69 Å². The third-order valence-corrected chi connectivity index (χ3v) is 4.38. The summed E-state index contributed by atoms with van der Waals surface area (Å²) in [6.45, 7) is 3.24. The SMILES string of the molecule is CC1CCc2ccccc2N1CCn1cc(C#N)c(=O)[nH]c1=O. The van der Waals surface area contributed by atoms with Gasteiger partial charge in [0.1, 0.15) is 11.6 Å². The van der Waals surface area contributed by atoms with E-state index in [1.807, 2.05) is 18.2 Å². The average Bonchev–Trinajstić information content (AvgIpc) is 2.55. The molecule has 1 aromatic heterocycles. The largest absolute Gasteiger partial charge is 0.367 e.